The fourth-order valence-electron chi connectivity index (χ4n) is 5.18. The molecule has 0 unspecified atom stereocenters. The van der Waals surface area contributed by atoms with Gasteiger partial charge in [0.15, 0.2) is 5.78 Å². The number of Topliss-reactive ketones (excluding diaryl/α,β-unsaturated/α-hetero) is 1. The van der Waals surface area contributed by atoms with Crippen LogP contribution in [-0.2, 0) is 11.2 Å². The van der Waals surface area contributed by atoms with Gasteiger partial charge in [0.25, 0.3) is 0 Å². The van der Waals surface area contributed by atoms with Gasteiger partial charge < -0.3 is 9.64 Å². The first-order chi connectivity index (χ1) is 14.9. The third kappa shape index (κ3) is 3.60. The summed E-state index contributed by atoms with van der Waals surface area (Å²) in [6.07, 6.45) is 2.17. The van der Waals surface area contributed by atoms with E-state index in [0.717, 1.165) is 33.0 Å². The third-order valence-electron chi connectivity index (χ3n) is 6.78. The standard InChI is InChI=1S/C27H27NO3/c1-18-14-19(2)26-23(29)17-27(31-24(26)15-18)10-12-28(13-11-27)25(30)16-21-8-5-7-20-6-3-4-9-22(20)21/h3-9,14-15H,10-13,16-17H2,1-2H3. The Bertz CT molecular complexity index is 1180. The fourth-order valence-corrected chi connectivity index (χ4v) is 5.18. The second kappa shape index (κ2) is 7.52. The zero-order chi connectivity index (χ0) is 21.6. The number of hydrogen-bond donors (Lipinski definition) is 0. The maximum atomic E-state index is 13.1. The molecular weight excluding hydrogens is 386 g/mol. The lowest BCUT2D eigenvalue weighted by Crippen LogP contribution is -2.52. The Kier molecular flexibility index (Phi) is 4.81. The van der Waals surface area contributed by atoms with Gasteiger partial charge in [-0.05, 0) is 47.4 Å². The van der Waals surface area contributed by atoms with Crippen molar-refractivity contribution in [1.29, 1.82) is 0 Å². The van der Waals surface area contributed by atoms with Crippen molar-refractivity contribution in [3.63, 3.8) is 0 Å². The van der Waals surface area contributed by atoms with E-state index in [9.17, 15) is 9.59 Å². The topological polar surface area (TPSA) is 46.6 Å². The Labute approximate surface area is 182 Å². The number of rotatable bonds is 2. The number of benzene rings is 3. The predicted molar refractivity (Wildman–Crippen MR) is 122 cm³/mol. The summed E-state index contributed by atoms with van der Waals surface area (Å²) in [7, 11) is 0. The Hall–Kier alpha value is -3.14. The normalized spacial score (nSPS) is 17.5. The van der Waals surface area contributed by atoms with Crippen molar-refractivity contribution in [1.82, 2.24) is 4.90 Å². The third-order valence-corrected chi connectivity index (χ3v) is 6.78. The van der Waals surface area contributed by atoms with E-state index < -0.39 is 5.60 Å². The van der Waals surface area contributed by atoms with Gasteiger partial charge in [0, 0.05) is 25.9 Å². The zero-order valence-electron chi connectivity index (χ0n) is 18.1. The minimum absolute atomic E-state index is 0.139. The van der Waals surface area contributed by atoms with Gasteiger partial charge in [-0.2, -0.15) is 0 Å². The van der Waals surface area contributed by atoms with Gasteiger partial charge in [-0.3, -0.25) is 9.59 Å². The van der Waals surface area contributed by atoms with E-state index in [1.807, 2.05) is 55.1 Å². The van der Waals surface area contributed by atoms with E-state index in [-0.39, 0.29) is 11.7 Å². The lowest BCUT2D eigenvalue weighted by atomic mass is 9.81. The fraction of sp³-hybridized carbons (Fsp3) is 0.333. The van der Waals surface area contributed by atoms with E-state index in [4.69, 9.17) is 4.74 Å². The number of fused-ring (bicyclic) bond motifs is 2. The predicted octanol–water partition coefficient (Wildman–Crippen LogP) is 5.03. The van der Waals surface area contributed by atoms with Crippen molar-refractivity contribution in [2.45, 2.75) is 45.1 Å². The molecule has 31 heavy (non-hydrogen) atoms. The van der Waals surface area contributed by atoms with E-state index in [2.05, 4.69) is 18.2 Å². The van der Waals surface area contributed by atoms with Gasteiger partial charge in [0.1, 0.15) is 11.4 Å². The molecule has 2 aliphatic rings. The quantitative estimate of drug-likeness (QED) is 0.592. The Morgan fingerprint density at radius 3 is 2.58 bits per heavy atom. The van der Waals surface area contributed by atoms with Crippen LogP contribution < -0.4 is 4.74 Å². The number of amides is 1. The monoisotopic (exact) mass is 413 g/mol. The largest absolute Gasteiger partial charge is 0.486 e. The molecule has 1 spiro atoms. The van der Waals surface area contributed by atoms with E-state index in [0.29, 0.717) is 44.5 Å². The number of hydrogen-bond acceptors (Lipinski definition) is 3. The highest BCUT2D eigenvalue weighted by atomic mass is 16.5. The molecule has 0 aliphatic carbocycles. The molecule has 2 aliphatic heterocycles. The second-order valence-corrected chi connectivity index (χ2v) is 9.04. The molecule has 0 atom stereocenters. The molecule has 5 rings (SSSR count). The molecular formula is C27H27NO3. The van der Waals surface area contributed by atoms with E-state index in [1.54, 1.807) is 0 Å². The van der Waals surface area contributed by atoms with Crippen molar-refractivity contribution in [3.05, 3.63) is 76.9 Å². The highest BCUT2D eigenvalue weighted by molar-refractivity contribution is 6.01. The summed E-state index contributed by atoms with van der Waals surface area (Å²) in [5.41, 5.74) is 3.39. The van der Waals surface area contributed by atoms with Gasteiger partial charge in [-0.15, -0.1) is 0 Å². The highest BCUT2D eigenvalue weighted by Gasteiger charge is 2.44. The van der Waals surface area contributed by atoms with Crippen LogP contribution >= 0.6 is 0 Å². The first kappa shape index (κ1) is 19.8. The number of ketones is 1. The first-order valence-corrected chi connectivity index (χ1v) is 11.0. The summed E-state index contributed by atoms with van der Waals surface area (Å²) in [6.45, 7) is 5.24. The van der Waals surface area contributed by atoms with Crippen LogP contribution in [0.25, 0.3) is 10.8 Å². The molecule has 158 valence electrons. The van der Waals surface area contributed by atoms with Gasteiger partial charge in [0.05, 0.1) is 18.4 Å². The molecule has 1 fully saturated rings. The van der Waals surface area contributed by atoms with Crippen LogP contribution in [0.15, 0.2) is 54.6 Å². The van der Waals surface area contributed by atoms with E-state index in [1.165, 1.54) is 0 Å². The van der Waals surface area contributed by atoms with Crippen LogP contribution in [0, 0.1) is 13.8 Å². The highest BCUT2D eigenvalue weighted by Crippen LogP contribution is 2.41. The number of carbonyl (C=O) groups excluding carboxylic acids is 2. The SMILES string of the molecule is Cc1cc(C)c2c(c1)OC1(CCN(C(=O)Cc3cccc4ccccc34)CC1)CC2=O. The van der Waals surface area contributed by atoms with Crippen LogP contribution in [0.4, 0.5) is 0 Å². The maximum absolute atomic E-state index is 13.1. The molecule has 0 saturated carbocycles. The number of ether oxygens (including phenoxy) is 1. The molecule has 1 saturated heterocycles. The molecule has 3 aromatic rings. The van der Waals surface area contributed by atoms with Crippen molar-refractivity contribution in [2.24, 2.45) is 0 Å². The van der Waals surface area contributed by atoms with Crippen molar-refractivity contribution >= 4 is 22.5 Å². The van der Waals surface area contributed by atoms with Crippen LogP contribution in [-0.4, -0.2) is 35.3 Å². The Morgan fingerprint density at radius 2 is 1.77 bits per heavy atom. The molecule has 2 heterocycles. The molecule has 0 radical (unpaired) electrons. The Balaban J connectivity index is 1.30. The molecule has 0 N–H and O–H groups in total. The van der Waals surface area contributed by atoms with Crippen LogP contribution in [0.3, 0.4) is 0 Å². The molecule has 0 aromatic heterocycles. The molecule has 4 nitrogen and oxygen atoms in total. The van der Waals surface area contributed by atoms with Crippen LogP contribution in [0.2, 0.25) is 0 Å². The average molecular weight is 414 g/mol. The van der Waals surface area contributed by atoms with Gasteiger partial charge in [0.2, 0.25) is 5.91 Å². The van der Waals surface area contributed by atoms with Gasteiger partial charge >= 0.3 is 0 Å². The Morgan fingerprint density at radius 1 is 1.03 bits per heavy atom. The summed E-state index contributed by atoms with van der Waals surface area (Å²) in [5, 5.41) is 2.29. The van der Waals surface area contributed by atoms with Crippen molar-refractivity contribution in [2.75, 3.05) is 13.1 Å². The van der Waals surface area contributed by atoms with Crippen molar-refractivity contribution in [3.8, 4) is 5.75 Å². The smallest absolute Gasteiger partial charge is 0.227 e. The maximum Gasteiger partial charge on any atom is 0.227 e. The summed E-state index contributed by atoms with van der Waals surface area (Å²) < 4.78 is 6.44. The van der Waals surface area contributed by atoms with Gasteiger partial charge in [-0.25, -0.2) is 0 Å². The lowest BCUT2D eigenvalue weighted by Gasteiger charge is -2.44. The zero-order valence-corrected chi connectivity index (χ0v) is 18.1. The summed E-state index contributed by atoms with van der Waals surface area (Å²) in [4.78, 5) is 27.9. The summed E-state index contributed by atoms with van der Waals surface area (Å²) in [6, 6.07) is 18.3. The summed E-state index contributed by atoms with van der Waals surface area (Å²) in [5.74, 6) is 1.01. The number of carbonyl (C=O) groups is 2. The number of piperidine rings is 1. The molecule has 4 heteroatoms. The van der Waals surface area contributed by atoms with Crippen LogP contribution in [0.1, 0.15) is 46.3 Å². The van der Waals surface area contributed by atoms with Crippen LogP contribution in [0.5, 0.6) is 5.75 Å². The molecule has 0 bridgehead atoms. The van der Waals surface area contributed by atoms with Gasteiger partial charge in [-0.1, -0.05) is 48.5 Å². The summed E-state index contributed by atoms with van der Waals surface area (Å²) >= 11 is 0. The minimum atomic E-state index is -0.486. The number of likely N-dealkylation sites (tertiary alicyclic amines) is 1. The number of aryl methyl sites for hydroxylation is 2. The lowest BCUT2D eigenvalue weighted by molar-refractivity contribution is -0.134. The minimum Gasteiger partial charge on any atom is -0.486 e. The van der Waals surface area contributed by atoms with E-state index >= 15 is 0 Å². The second-order valence-electron chi connectivity index (χ2n) is 9.04. The first-order valence-electron chi connectivity index (χ1n) is 11.0. The average Bonchev–Trinajstić information content (AvgIpc) is 2.73. The molecule has 1 amide bonds. The number of nitrogens with zero attached hydrogens (tertiary/aromatic N) is 1. The molecule has 3 aromatic carbocycles. The van der Waals surface area contributed by atoms with Crippen molar-refractivity contribution < 1.29 is 14.3 Å².